The second-order valence-corrected chi connectivity index (χ2v) is 3.46. The molecule has 0 spiro atoms. The molecule has 0 aliphatic rings. The standard InChI is InChI=1S/C13H14O2/c14-9-3-6-11-5-1-2-7-12(11)13-8-4-10-15-13/h1-2,4-5,7-8,10,14H,3,6,9H2. The van der Waals surface area contributed by atoms with Gasteiger partial charge >= 0.3 is 0 Å². The number of furan rings is 1. The van der Waals surface area contributed by atoms with E-state index in [-0.39, 0.29) is 6.61 Å². The summed E-state index contributed by atoms with van der Waals surface area (Å²) in [6.07, 6.45) is 3.35. The number of aryl methyl sites for hydroxylation is 1. The molecule has 1 N–H and O–H groups in total. The molecule has 2 nitrogen and oxygen atoms in total. The molecule has 0 atom stereocenters. The van der Waals surface area contributed by atoms with Gasteiger partial charge in [0, 0.05) is 12.2 Å². The number of rotatable bonds is 4. The Hall–Kier alpha value is -1.54. The predicted octanol–water partition coefficient (Wildman–Crippen LogP) is 2.87. The molecule has 78 valence electrons. The van der Waals surface area contributed by atoms with Crippen molar-refractivity contribution in [1.82, 2.24) is 0 Å². The molecule has 0 aliphatic heterocycles. The highest BCUT2D eigenvalue weighted by Gasteiger charge is 2.05. The SMILES string of the molecule is OCCCc1ccccc1-c1ccco1. The van der Waals surface area contributed by atoms with Crippen LogP contribution in [0.4, 0.5) is 0 Å². The summed E-state index contributed by atoms with van der Waals surface area (Å²) in [5.41, 5.74) is 2.34. The highest BCUT2D eigenvalue weighted by atomic mass is 16.3. The molecule has 2 aromatic rings. The van der Waals surface area contributed by atoms with Gasteiger partial charge in [0.2, 0.25) is 0 Å². The minimum absolute atomic E-state index is 0.229. The van der Waals surface area contributed by atoms with Crippen LogP contribution < -0.4 is 0 Å². The van der Waals surface area contributed by atoms with Gasteiger partial charge in [0.05, 0.1) is 6.26 Å². The third kappa shape index (κ3) is 2.28. The highest BCUT2D eigenvalue weighted by Crippen LogP contribution is 2.24. The first-order valence-electron chi connectivity index (χ1n) is 5.14. The molecular weight excluding hydrogens is 188 g/mol. The lowest BCUT2D eigenvalue weighted by Gasteiger charge is -2.05. The number of benzene rings is 1. The van der Waals surface area contributed by atoms with Crippen molar-refractivity contribution in [1.29, 1.82) is 0 Å². The van der Waals surface area contributed by atoms with Crippen LogP contribution in [0.3, 0.4) is 0 Å². The fourth-order valence-corrected chi connectivity index (χ4v) is 1.68. The van der Waals surface area contributed by atoms with Crippen LogP contribution in [0.2, 0.25) is 0 Å². The van der Waals surface area contributed by atoms with E-state index in [2.05, 4.69) is 6.07 Å². The zero-order valence-electron chi connectivity index (χ0n) is 8.52. The van der Waals surface area contributed by atoms with Crippen molar-refractivity contribution in [3.8, 4) is 11.3 Å². The molecule has 0 amide bonds. The minimum Gasteiger partial charge on any atom is -0.464 e. The average molecular weight is 202 g/mol. The van der Waals surface area contributed by atoms with E-state index in [0.29, 0.717) is 0 Å². The lowest BCUT2D eigenvalue weighted by molar-refractivity contribution is 0.288. The Morgan fingerprint density at radius 3 is 2.67 bits per heavy atom. The second kappa shape index (κ2) is 4.80. The Bertz CT molecular complexity index is 404. The number of hydrogen-bond acceptors (Lipinski definition) is 2. The number of hydrogen-bond donors (Lipinski definition) is 1. The lowest BCUT2D eigenvalue weighted by Crippen LogP contribution is -1.92. The molecule has 2 rings (SSSR count). The molecule has 0 fully saturated rings. The van der Waals surface area contributed by atoms with Crippen LogP contribution in [0.5, 0.6) is 0 Å². The first-order valence-corrected chi connectivity index (χ1v) is 5.14. The summed E-state index contributed by atoms with van der Waals surface area (Å²) in [4.78, 5) is 0. The zero-order chi connectivity index (χ0) is 10.5. The molecule has 1 aromatic heterocycles. The van der Waals surface area contributed by atoms with Crippen LogP contribution >= 0.6 is 0 Å². The van der Waals surface area contributed by atoms with Gasteiger partial charge in [-0.2, -0.15) is 0 Å². The quantitative estimate of drug-likeness (QED) is 0.827. The largest absolute Gasteiger partial charge is 0.464 e. The monoisotopic (exact) mass is 202 g/mol. The summed E-state index contributed by atoms with van der Waals surface area (Å²) in [6, 6.07) is 12.0. The Balaban J connectivity index is 2.30. The molecule has 0 radical (unpaired) electrons. The van der Waals surface area contributed by atoms with E-state index in [9.17, 15) is 0 Å². The van der Waals surface area contributed by atoms with Crippen LogP contribution in [0.1, 0.15) is 12.0 Å². The maximum atomic E-state index is 8.83. The normalized spacial score (nSPS) is 10.5. The zero-order valence-corrected chi connectivity index (χ0v) is 8.52. The van der Waals surface area contributed by atoms with Crippen LogP contribution in [0.15, 0.2) is 47.1 Å². The molecule has 1 heterocycles. The van der Waals surface area contributed by atoms with E-state index in [1.807, 2.05) is 30.3 Å². The molecule has 2 heteroatoms. The molecule has 0 aliphatic carbocycles. The van der Waals surface area contributed by atoms with Crippen molar-refractivity contribution in [3.63, 3.8) is 0 Å². The van der Waals surface area contributed by atoms with Gasteiger partial charge in [-0.25, -0.2) is 0 Å². The number of aliphatic hydroxyl groups is 1. The molecule has 0 saturated heterocycles. The predicted molar refractivity (Wildman–Crippen MR) is 59.6 cm³/mol. The summed E-state index contributed by atoms with van der Waals surface area (Å²) in [7, 11) is 0. The first kappa shape index (κ1) is 9.99. The lowest BCUT2D eigenvalue weighted by atomic mass is 10.0. The summed E-state index contributed by atoms with van der Waals surface area (Å²) in [5, 5.41) is 8.83. The van der Waals surface area contributed by atoms with Crippen molar-refractivity contribution in [2.75, 3.05) is 6.61 Å². The summed E-state index contributed by atoms with van der Waals surface area (Å²) in [6.45, 7) is 0.229. The first-order chi connectivity index (χ1) is 7.42. The van der Waals surface area contributed by atoms with Crippen molar-refractivity contribution < 1.29 is 9.52 Å². The maximum absolute atomic E-state index is 8.83. The Morgan fingerprint density at radius 1 is 1.07 bits per heavy atom. The Labute approximate surface area is 89.2 Å². The molecule has 15 heavy (non-hydrogen) atoms. The van der Waals surface area contributed by atoms with Crippen molar-refractivity contribution in [2.45, 2.75) is 12.8 Å². The van der Waals surface area contributed by atoms with Crippen molar-refractivity contribution in [2.24, 2.45) is 0 Å². The maximum Gasteiger partial charge on any atom is 0.134 e. The smallest absolute Gasteiger partial charge is 0.134 e. The van der Waals surface area contributed by atoms with Gasteiger partial charge in [-0.3, -0.25) is 0 Å². The molecule has 0 bridgehead atoms. The van der Waals surface area contributed by atoms with E-state index in [0.717, 1.165) is 24.2 Å². The van der Waals surface area contributed by atoms with Gasteiger partial charge in [0.15, 0.2) is 0 Å². The van der Waals surface area contributed by atoms with Crippen LogP contribution in [0.25, 0.3) is 11.3 Å². The molecular formula is C13H14O2. The summed E-state index contributed by atoms with van der Waals surface area (Å²) in [5.74, 6) is 0.892. The van der Waals surface area contributed by atoms with Gasteiger partial charge in [-0.1, -0.05) is 24.3 Å². The van der Waals surface area contributed by atoms with E-state index < -0.39 is 0 Å². The third-order valence-corrected chi connectivity index (χ3v) is 2.41. The van der Waals surface area contributed by atoms with Crippen LogP contribution in [0, 0.1) is 0 Å². The Kier molecular flexibility index (Phi) is 3.20. The minimum atomic E-state index is 0.229. The van der Waals surface area contributed by atoms with Gasteiger partial charge < -0.3 is 9.52 Å². The fourth-order valence-electron chi connectivity index (χ4n) is 1.68. The van der Waals surface area contributed by atoms with Crippen molar-refractivity contribution in [3.05, 3.63) is 48.2 Å². The van der Waals surface area contributed by atoms with E-state index in [4.69, 9.17) is 9.52 Å². The molecule has 0 saturated carbocycles. The highest BCUT2D eigenvalue weighted by molar-refractivity contribution is 5.61. The average Bonchev–Trinajstić information content (AvgIpc) is 2.80. The van der Waals surface area contributed by atoms with E-state index in [1.54, 1.807) is 6.26 Å². The second-order valence-electron chi connectivity index (χ2n) is 3.46. The third-order valence-electron chi connectivity index (χ3n) is 2.41. The topological polar surface area (TPSA) is 33.4 Å². The summed E-state index contributed by atoms with van der Waals surface area (Å²) < 4.78 is 5.38. The molecule has 0 unspecified atom stereocenters. The van der Waals surface area contributed by atoms with Gasteiger partial charge in [0.25, 0.3) is 0 Å². The van der Waals surface area contributed by atoms with Crippen LogP contribution in [-0.4, -0.2) is 11.7 Å². The van der Waals surface area contributed by atoms with Crippen LogP contribution in [-0.2, 0) is 6.42 Å². The van der Waals surface area contributed by atoms with Gasteiger partial charge in [-0.15, -0.1) is 0 Å². The number of aliphatic hydroxyl groups excluding tert-OH is 1. The van der Waals surface area contributed by atoms with Gasteiger partial charge in [-0.05, 0) is 30.5 Å². The molecule has 1 aromatic carbocycles. The Morgan fingerprint density at radius 2 is 1.93 bits per heavy atom. The van der Waals surface area contributed by atoms with E-state index in [1.165, 1.54) is 5.56 Å². The van der Waals surface area contributed by atoms with Crippen molar-refractivity contribution >= 4 is 0 Å². The van der Waals surface area contributed by atoms with Gasteiger partial charge in [0.1, 0.15) is 5.76 Å². The van der Waals surface area contributed by atoms with E-state index >= 15 is 0 Å². The summed E-state index contributed by atoms with van der Waals surface area (Å²) >= 11 is 0. The fraction of sp³-hybridized carbons (Fsp3) is 0.231.